The summed E-state index contributed by atoms with van der Waals surface area (Å²) in [5, 5.41) is 9.28. The van der Waals surface area contributed by atoms with E-state index in [0.717, 1.165) is 0 Å². The zero-order chi connectivity index (χ0) is 14.8. The maximum absolute atomic E-state index is 11.9. The van der Waals surface area contributed by atoms with E-state index < -0.39 is 5.97 Å². The van der Waals surface area contributed by atoms with E-state index in [1.54, 1.807) is 24.3 Å². The predicted molar refractivity (Wildman–Crippen MR) is 76.8 cm³/mol. The van der Waals surface area contributed by atoms with Crippen molar-refractivity contribution in [2.24, 2.45) is 0 Å². The Labute approximate surface area is 118 Å². The van der Waals surface area contributed by atoms with Crippen molar-refractivity contribution >= 4 is 29.0 Å². The summed E-state index contributed by atoms with van der Waals surface area (Å²) in [5.74, 6) is -0.662. The molecule has 7 heteroatoms. The third-order valence-electron chi connectivity index (χ3n) is 2.89. The lowest BCUT2D eigenvalue weighted by Gasteiger charge is -1.97. The molecule has 0 aliphatic rings. The van der Waals surface area contributed by atoms with Crippen molar-refractivity contribution in [2.45, 2.75) is 0 Å². The van der Waals surface area contributed by atoms with Crippen LogP contribution in [-0.4, -0.2) is 31.0 Å². The molecule has 3 aromatic heterocycles. The van der Waals surface area contributed by atoms with Crippen LogP contribution in [-0.2, 0) is 0 Å². The molecule has 104 valence electrons. The Morgan fingerprint density at radius 3 is 2.81 bits per heavy atom. The first kappa shape index (κ1) is 12.8. The van der Waals surface area contributed by atoms with Crippen molar-refractivity contribution in [2.75, 3.05) is 0 Å². The Balaban J connectivity index is 1.95. The molecule has 21 heavy (non-hydrogen) atoms. The molecular weight excluding hydrogens is 272 g/mol. The first-order chi connectivity index (χ1) is 10.1. The van der Waals surface area contributed by atoms with Gasteiger partial charge in [-0.25, -0.2) is 9.78 Å². The summed E-state index contributed by atoms with van der Waals surface area (Å²) in [6.07, 6.45) is 6.26. The summed E-state index contributed by atoms with van der Waals surface area (Å²) in [5.41, 5.74) is 0.943. The Hall–Kier alpha value is -3.22. The summed E-state index contributed by atoms with van der Waals surface area (Å²) in [6, 6.07) is 4.68. The van der Waals surface area contributed by atoms with Crippen LogP contribution in [0.5, 0.6) is 0 Å². The average Bonchev–Trinajstić information content (AvgIpc) is 2.94. The van der Waals surface area contributed by atoms with Gasteiger partial charge in [-0.15, -0.1) is 0 Å². The van der Waals surface area contributed by atoms with Crippen molar-refractivity contribution in [1.82, 2.24) is 19.9 Å². The minimum absolute atomic E-state index is 0.0961. The molecule has 0 unspecified atom stereocenters. The normalized spacial score (nSPS) is 11.2. The summed E-state index contributed by atoms with van der Waals surface area (Å²) in [6.45, 7) is 0. The molecule has 0 amide bonds. The van der Waals surface area contributed by atoms with E-state index in [-0.39, 0.29) is 11.3 Å². The fourth-order valence-corrected chi connectivity index (χ4v) is 1.89. The third kappa shape index (κ3) is 2.57. The van der Waals surface area contributed by atoms with Crippen LogP contribution in [0.2, 0.25) is 0 Å². The molecule has 0 spiro atoms. The number of pyridine rings is 1. The Morgan fingerprint density at radius 2 is 2.05 bits per heavy atom. The fourth-order valence-electron chi connectivity index (χ4n) is 1.89. The van der Waals surface area contributed by atoms with Crippen LogP contribution in [0.3, 0.4) is 0 Å². The number of fused-ring (bicyclic) bond motifs is 1. The van der Waals surface area contributed by atoms with Gasteiger partial charge in [-0.05, 0) is 30.4 Å². The number of H-pyrrole nitrogens is 2. The molecule has 0 fully saturated rings. The molecule has 0 aliphatic heterocycles. The summed E-state index contributed by atoms with van der Waals surface area (Å²) in [7, 11) is 0. The highest BCUT2D eigenvalue weighted by atomic mass is 16.4. The second kappa shape index (κ2) is 5.04. The third-order valence-corrected chi connectivity index (χ3v) is 2.89. The van der Waals surface area contributed by atoms with Crippen LogP contribution in [0, 0.1) is 0 Å². The fraction of sp³-hybridized carbons (Fsp3) is 0. The van der Waals surface area contributed by atoms with Gasteiger partial charge < -0.3 is 15.1 Å². The monoisotopic (exact) mass is 282 g/mol. The topological polar surface area (TPSA) is 112 Å². The number of aromatic carboxylic acids is 1. The molecule has 3 heterocycles. The SMILES string of the molecule is O=C(O)c1ccc(C=Cc2nc3cnccc3c(=O)[nH]2)[nH]1. The molecule has 3 N–H and O–H groups in total. The second-order valence-electron chi connectivity index (χ2n) is 4.31. The van der Waals surface area contributed by atoms with Gasteiger partial charge in [-0.2, -0.15) is 0 Å². The molecule has 0 bridgehead atoms. The highest BCUT2D eigenvalue weighted by molar-refractivity contribution is 5.86. The minimum atomic E-state index is -1.03. The number of carboxylic acid groups (broad SMARTS) is 1. The van der Waals surface area contributed by atoms with Crippen LogP contribution < -0.4 is 5.56 Å². The smallest absolute Gasteiger partial charge is 0.352 e. The Bertz CT molecular complexity index is 908. The number of nitrogens with one attached hydrogen (secondary N) is 2. The molecule has 0 radical (unpaired) electrons. The van der Waals surface area contributed by atoms with E-state index in [1.165, 1.54) is 18.5 Å². The van der Waals surface area contributed by atoms with Gasteiger partial charge in [0.1, 0.15) is 11.5 Å². The number of carbonyl (C=O) groups is 1. The van der Waals surface area contributed by atoms with Crippen molar-refractivity contribution < 1.29 is 9.90 Å². The van der Waals surface area contributed by atoms with Crippen LogP contribution >= 0.6 is 0 Å². The van der Waals surface area contributed by atoms with Gasteiger partial charge in [0.25, 0.3) is 5.56 Å². The van der Waals surface area contributed by atoms with Gasteiger partial charge in [0.2, 0.25) is 0 Å². The first-order valence-electron chi connectivity index (χ1n) is 6.08. The van der Waals surface area contributed by atoms with Gasteiger partial charge >= 0.3 is 5.97 Å². The lowest BCUT2D eigenvalue weighted by Crippen LogP contribution is -2.09. The van der Waals surface area contributed by atoms with Gasteiger partial charge in [0.05, 0.1) is 17.1 Å². The predicted octanol–water partition coefficient (Wildman–Crippen LogP) is 1.51. The van der Waals surface area contributed by atoms with Gasteiger partial charge in [0, 0.05) is 11.9 Å². The van der Waals surface area contributed by atoms with E-state index in [9.17, 15) is 9.59 Å². The molecule has 0 saturated carbocycles. The maximum Gasteiger partial charge on any atom is 0.352 e. The lowest BCUT2D eigenvalue weighted by atomic mass is 10.3. The number of nitrogens with zero attached hydrogens (tertiary/aromatic N) is 2. The summed E-state index contributed by atoms with van der Waals surface area (Å²) in [4.78, 5) is 36.2. The minimum Gasteiger partial charge on any atom is -0.477 e. The van der Waals surface area contributed by atoms with Crippen LogP contribution in [0.15, 0.2) is 35.4 Å². The second-order valence-corrected chi connectivity index (χ2v) is 4.31. The average molecular weight is 282 g/mol. The van der Waals surface area contributed by atoms with Gasteiger partial charge in [-0.3, -0.25) is 9.78 Å². The molecule has 0 atom stereocenters. The van der Waals surface area contributed by atoms with Crippen LogP contribution in [0.25, 0.3) is 23.1 Å². The van der Waals surface area contributed by atoms with E-state index in [4.69, 9.17) is 5.11 Å². The quantitative estimate of drug-likeness (QED) is 0.674. The number of hydrogen-bond acceptors (Lipinski definition) is 4. The van der Waals surface area contributed by atoms with E-state index in [1.807, 2.05) is 0 Å². The highest BCUT2D eigenvalue weighted by Crippen LogP contribution is 2.08. The van der Waals surface area contributed by atoms with Crippen molar-refractivity contribution in [3.8, 4) is 0 Å². The van der Waals surface area contributed by atoms with Crippen molar-refractivity contribution in [1.29, 1.82) is 0 Å². The maximum atomic E-state index is 11.9. The van der Waals surface area contributed by atoms with Gasteiger partial charge in [0.15, 0.2) is 0 Å². The molecule has 0 aromatic carbocycles. The zero-order valence-electron chi connectivity index (χ0n) is 10.7. The number of hydrogen-bond donors (Lipinski definition) is 3. The molecule has 3 rings (SSSR count). The first-order valence-corrected chi connectivity index (χ1v) is 6.08. The van der Waals surface area contributed by atoms with E-state index >= 15 is 0 Å². The van der Waals surface area contributed by atoms with Crippen molar-refractivity contribution in [3.05, 3.63) is 58.2 Å². The number of carboxylic acids is 1. The molecule has 7 nitrogen and oxygen atoms in total. The van der Waals surface area contributed by atoms with Crippen LogP contribution in [0.4, 0.5) is 0 Å². The van der Waals surface area contributed by atoms with E-state index in [2.05, 4.69) is 19.9 Å². The molecule has 0 saturated heterocycles. The zero-order valence-corrected chi connectivity index (χ0v) is 10.7. The number of aromatic nitrogens is 4. The number of aromatic amines is 2. The molecule has 3 aromatic rings. The Kier molecular flexibility index (Phi) is 3.07. The summed E-state index contributed by atoms with van der Waals surface area (Å²) < 4.78 is 0. The number of rotatable bonds is 3. The molecule has 0 aliphatic carbocycles. The summed E-state index contributed by atoms with van der Waals surface area (Å²) >= 11 is 0. The highest BCUT2D eigenvalue weighted by Gasteiger charge is 2.04. The van der Waals surface area contributed by atoms with E-state index in [0.29, 0.717) is 22.4 Å². The Morgan fingerprint density at radius 1 is 1.19 bits per heavy atom. The van der Waals surface area contributed by atoms with Crippen LogP contribution in [0.1, 0.15) is 22.0 Å². The van der Waals surface area contributed by atoms with Crippen molar-refractivity contribution in [3.63, 3.8) is 0 Å². The largest absolute Gasteiger partial charge is 0.477 e. The standard InChI is InChI=1S/C14H10N4O3/c19-13-9-5-6-15-7-11(9)17-12(18-13)4-2-8-1-3-10(16-8)14(20)21/h1-7,16H,(H,20,21)(H,17,18,19). The lowest BCUT2D eigenvalue weighted by molar-refractivity contribution is 0.0691. The van der Waals surface area contributed by atoms with Gasteiger partial charge in [-0.1, -0.05) is 0 Å². The molecular formula is C14H10N4O3.